The Morgan fingerprint density at radius 1 is 1.37 bits per heavy atom. The predicted octanol–water partition coefficient (Wildman–Crippen LogP) is 1.38. The Balaban J connectivity index is 2.37. The van der Waals surface area contributed by atoms with Crippen molar-refractivity contribution in [2.24, 2.45) is 0 Å². The molecular formula is C12H17ClN2O3S. The molecule has 1 aromatic rings. The number of hydrogen-bond donors (Lipinski definition) is 2. The second-order valence-electron chi connectivity index (χ2n) is 4.77. The van der Waals surface area contributed by atoms with E-state index in [4.69, 9.17) is 17.3 Å². The molecule has 0 aliphatic carbocycles. The van der Waals surface area contributed by atoms with Gasteiger partial charge in [0.2, 0.25) is 10.0 Å². The first kappa shape index (κ1) is 14.6. The van der Waals surface area contributed by atoms with Crippen LogP contribution in [0.2, 0.25) is 5.02 Å². The molecule has 0 amide bonds. The Morgan fingerprint density at radius 3 is 2.53 bits per heavy atom. The van der Waals surface area contributed by atoms with Crippen LogP contribution >= 0.6 is 11.6 Å². The number of nitrogens with zero attached hydrogens (tertiary/aromatic N) is 1. The van der Waals surface area contributed by atoms with Crippen LogP contribution in [0.1, 0.15) is 18.4 Å². The van der Waals surface area contributed by atoms with Crippen molar-refractivity contribution in [1.82, 2.24) is 4.31 Å². The summed E-state index contributed by atoms with van der Waals surface area (Å²) in [5, 5.41) is 9.61. The Labute approximate surface area is 118 Å². The van der Waals surface area contributed by atoms with Gasteiger partial charge in [0.1, 0.15) is 4.90 Å². The summed E-state index contributed by atoms with van der Waals surface area (Å²) in [6.45, 7) is 2.37. The van der Waals surface area contributed by atoms with Crippen LogP contribution in [0.15, 0.2) is 17.0 Å². The molecule has 1 saturated heterocycles. The summed E-state index contributed by atoms with van der Waals surface area (Å²) in [5.41, 5.74) is 6.91. The van der Waals surface area contributed by atoms with Crippen LogP contribution in [0.3, 0.4) is 0 Å². The highest BCUT2D eigenvalue weighted by Gasteiger charge is 2.30. The fourth-order valence-electron chi connectivity index (χ4n) is 2.09. The summed E-state index contributed by atoms with van der Waals surface area (Å²) < 4.78 is 26.3. The van der Waals surface area contributed by atoms with E-state index in [0.29, 0.717) is 31.6 Å². The quantitative estimate of drug-likeness (QED) is 0.809. The maximum atomic E-state index is 12.5. The van der Waals surface area contributed by atoms with Crippen molar-refractivity contribution in [3.8, 4) is 0 Å². The summed E-state index contributed by atoms with van der Waals surface area (Å²) in [6, 6.07) is 2.96. The number of hydrogen-bond acceptors (Lipinski definition) is 4. The minimum Gasteiger partial charge on any atom is -0.398 e. The van der Waals surface area contributed by atoms with Gasteiger partial charge in [-0.15, -0.1) is 0 Å². The number of halogens is 1. The van der Waals surface area contributed by atoms with Crippen LogP contribution in [-0.2, 0) is 10.0 Å². The van der Waals surface area contributed by atoms with Crippen molar-refractivity contribution in [2.45, 2.75) is 30.8 Å². The van der Waals surface area contributed by atoms with E-state index >= 15 is 0 Å². The normalized spacial score (nSPS) is 18.7. The maximum absolute atomic E-state index is 12.5. The van der Waals surface area contributed by atoms with Gasteiger partial charge in [-0.1, -0.05) is 11.6 Å². The van der Waals surface area contributed by atoms with E-state index in [2.05, 4.69) is 0 Å². The molecule has 1 aliphatic rings. The largest absolute Gasteiger partial charge is 0.398 e. The molecule has 1 aromatic carbocycles. The van der Waals surface area contributed by atoms with Gasteiger partial charge < -0.3 is 10.8 Å². The van der Waals surface area contributed by atoms with E-state index in [1.807, 2.05) is 0 Å². The minimum absolute atomic E-state index is 0.0358. The third kappa shape index (κ3) is 2.86. The average molecular weight is 305 g/mol. The van der Waals surface area contributed by atoms with E-state index in [0.717, 1.165) is 5.56 Å². The van der Waals surface area contributed by atoms with Crippen molar-refractivity contribution < 1.29 is 13.5 Å². The van der Waals surface area contributed by atoms with Gasteiger partial charge in [0, 0.05) is 18.8 Å². The van der Waals surface area contributed by atoms with Crippen LogP contribution in [-0.4, -0.2) is 37.0 Å². The highest BCUT2D eigenvalue weighted by molar-refractivity contribution is 7.89. The average Bonchev–Trinajstić information content (AvgIpc) is 2.34. The number of aryl methyl sites for hydroxylation is 1. The molecule has 0 bridgehead atoms. The first-order valence-electron chi connectivity index (χ1n) is 6.06. The molecule has 1 aliphatic heterocycles. The fraction of sp³-hybridized carbons (Fsp3) is 0.500. The molecule has 7 heteroatoms. The summed E-state index contributed by atoms with van der Waals surface area (Å²) in [6.07, 6.45) is 0.459. The first-order valence-corrected chi connectivity index (χ1v) is 7.88. The summed E-state index contributed by atoms with van der Waals surface area (Å²) in [7, 11) is -3.65. The third-order valence-corrected chi connectivity index (χ3v) is 5.73. The van der Waals surface area contributed by atoms with Crippen molar-refractivity contribution in [2.75, 3.05) is 18.8 Å². The molecular weight excluding hydrogens is 288 g/mol. The van der Waals surface area contributed by atoms with Gasteiger partial charge in [0.05, 0.1) is 11.1 Å². The SMILES string of the molecule is Cc1cc(Cl)c(S(=O)(=O)N2CCC(O)CC2)cc1N. The predicted molar refractivity (Wildman–Crippen MR) is 74.6 cm³/mol. The third-order valence-electron chi connectivity index (χ3n) is 3.36. The van der Waals surface area contributed by atoms with Gasteiger partial charge in [-0.2, -0.15) is 4.31 Å². The fourth-order valence-corrected chi connectivity index (χ4v) is 4.15. The van der Waals surface area contributed by atoms with Crippen LogP contribution in [0, 0.1) is 6.92 Å². The second-order valence-corrected chi connectivity index (χ2v) is 7.09. The van der Waals surface area contributed by atoms with Crippen molar-refractivity contribution in [3.05, 3.63) is 22.7 Å². The number of rotatable bonds is 2. The molecule has 19 heavy (non-hydrogen) atoms. The number of benzene rings is 1. The standard InChI is InChI=1S/C12H17ClN2O3S/c1-8-6-10(13)12(7-11(8)14)19(17,18)15-4-2-9(16)3-5-15/h6-7,9,16H,2-5,14H2,1H3. The highest BCUT2D eigenvalue weighted by atomic mass is 35.5. The Hall–Kier alpha value is -0.820. The summed E-state index contributed by atoms with van der Waals surface area (Å²) in [4.78, 5) is 0.0358. The minimum atomic E-state index is -3.65. The molecule has 106 valence electrons. The van der Waals surface area contributed by atoms with Crippen LogP contribution in [0.4, 0.5) is 5.69 Å². The highest BCUT2D eigenvalue weighted by Crippen LogP contribution is 2.30. The second kappa shape index (κ2) is 5.28. The van der Waals surface area contributed by atoms with E-state index in [-0.39, 0.29) is 9.92 Å². The number of sulfonamides is 1. The lowest BCUT2D eigenvalue weighted by Crippen LogP contribution is -2.40. The number of piperidine rings is 1. The molecule has 0 radical (unpaired) electrons. The van der Waals surface area contributed by atoms with E-state index in [1.165, 1.54) is 10.4 Å². The van der Waals surface area contributed by atoms with Gasteiger partial charge in [0.25, 0.3) is 0 Å². The number of nitrogen functional groups attached to an aromatic ring is 1. The molecule has 1 heterocycles. The topological polar surface area (TPSA) is 83.6 Å². The number of aliphatic hydroxyl groups is 1. The molecule has 0 atom stereocenters. The van der Waals surface area contributed by atoms with Gasteiger partial charge in [-0.3, -0.25) is 0 Å². The van der Waals surface area contributed by atoms with Gasteiger partial charge in [0.15, 0.2) is 0 Å². The molecule has 1 fully saturated rings. The van der Waals surface area contributed by atoms with E-state index in [9.17, 15) is 13.5 Å². The maximum Gasteiger partial charge on any atom is 0.244 e. The van der Waals surface area contributed by atoms with Crippen molar-refractivity contribution in [3.63, 3.8) is 0 Å². The lowest BCUT2D eigenvalue weighted by atomic mass is 10.1. The molecule has 0 spiro atoms. The lowest BCUT2D eigenvalue weighted by Gasteiger charge is -2.29. The number of nitrogens with two attached hydrogens (primary N) is 1. The number of aliphatic hydroxyl groups excluding tert-OH is 1. The summed E-state index contributed by atoms with van der Waals surface area (Å²) >= 11 is 6.02. The Kier molecular flexibility index (Phi) is 4.06. The zero-order valence-corrected chi connectivity index (χ0v) is 12.2. The lowest BCUT2D eigenvalue weighted by molar-refractivity contribution is 0.113. The van der Waals surface area contributed by atoms with Gasteiger partial charge in [-0.05, 0) is 37.5 Å². The van der Waals surface area contributed by atoms with Crippen LogP contribution < -0.4 is 5.73 Å². The van der Waals surface area contributed by atoms with E-state index in [1.54, 1.807) is 13.0 Å². The van der Waals surface area contributed by atoms with Crippen molar-refractivity contribution >= 4 is 27.3 Å². The van der Waals surface area contributed by atoms with Gasteiger partial charge >= 0.3 is 0 Å². The monoisotopic (exact) mass is 304 g/mol. The molecule has 2 rings (SSSR count). The zero-order valence-electron chi connectivity index (χ0n) is 10.6. The first-order chi connectivity index (χ1) is 8.82. The zero-order chi connectivity index (χ0) is 14.2. The molecule has 0 aromatic heterocycles. The smallest absolute Gasteiger partial charge is 0.244 e. The molecule has 5 nitrogen and oxygen atoms in total. The van der Waals surface area contributed by atoms with Crippen molar-refractivity contribution in [1.29, 1.82) is 0 Å². The molecule has 3 N–H and O–H groups in total. The Morgan fingerprint density at radius 2 is 1.95 bits per heavy atom. The summed E-state index contributed by atoms with van der Waals surface area (Å²) in [5.74, 6) is 0. The van der Waals surface area contributed by atoms with Crippen LogP contribution in [0.25, 0.3) is 0 Å². The molecule has 0 saturated carbocycles. The van der Waals surface area contributed by atoms with E-state index < -0.39 is 16.1 Å². The number of anilines is 1. The molecule has 0 unspecified atom stereocenters. The van der Waals surface area contributed by atoms with Crippen LogP contribution in [0.5, 0.6) is 0 Å². The Bertz CT molecular complexity index is 581. The van der Waals surface area contributed by atoms with Gasteiger partial charge in [-0.25, -0.2) is 8.42 Å².